The van der Waals surface area contributed by atoms with E-state index < -0.39 is 0 Å². The van der Waals surface area contributed by atoms with E-state index in [-0.39, 0.29) is 23.7 Å². The molecule has 0 bridgehead atoms. The molecular formula is C11H17N5O2. The molecule has 2 rings (SSSR count). The number of H-pyrrole nitrogens is 1. The normalized spacial score (nSPS) is 24.2. The van der Waals surface area contributed by atoms with Crippen LogP contribution in [0, 0.1) is 12.8 Å². The van der Waals surface area contributed by atoms with Crippen LogP contribution in [0.15, 0.2) is 11.4 Å². The maximum absolute atomic E-state index is 12.0. The van der Waals surface area contributed by atoms with Gasteiger partial charge in [-0.25, -0.2) is 0 Å². The lowest BCUT2D eigenvalue weighted by Gasteiger charge is -2.19. The molecule has 0 radical (unpaired) electrons. The van der Waals surface area contributed by atoms with Crippen molar-refractivity contribution in [1.29, 1.82) is 0 Å². The summed E-state index contributed by atoms with van der Waals surface area (Å²) in [5.41, 5.74) is 6.88. The van der Waals surface area contributed by atoms with Crippen LogP contribution in [0.1, 0.15) is 35.3 Å². The van der Waals surface area contributed by atoms with Gasteiger partial charge in [-0.3, -0.25) is 9.89 Å². The number of nitrogens with two attached hydrogens (primary N) is 1. The van der Waals surface area contributed by atoms with Gasteiger partial charge in [0.15, 0.2) is 0 Å². The van der Waals surface area contributed by atoms with Crippen molar-refractivity contribution in [2.75, 3.05) is 0 Å². The van der Waals surface area contributed by atoms with Crippen molar-refractivity contribution in [1.82, 2.24) is 15.5 Å². The fourth-order valence-electron chi connectivity index (χ4n) is 2.39. The molecular weight excluding hydrogens is 234 g/mol. The maximum atomic E-state index is 12.0. The van der Waals surface area contributed by atoms with Gasteiger partial charge in [0.25, 0.3) is 5.91 Å². The van der Waals surface area contributed by atoms with Crippen LogP contribution in [-0.2, 0) is 0 Å². The predicted octanol–water partition coefficient (Wildman–Crippen LogP) is 0.363. The van der Waals surface area contributed by atoms with Crippen molar-refractivity contribution < 1.29 is 10.0 Å². The molecule has 98 valence electrons. The lowest BCUT2D eigenvalue weighted by atomic mass is 10.0. The van der Waals surface area contributed by atoms with E-state index in [1.807, 2.05) is 0 Å². The molecule has 1 heterocycles. The van der Waals surface area contributed by atoms with Crippen LogP contribution in [0.3, 0.4) is 0 Å². The number of carbonyl (C=O) groups excluding carboxylic acids is 1. The molecule has 0 saturated heterocycles. The molecule has 0 aromatic carbocycles. The summed E-state index contributed by atoms with van der Waals surface area (Å²) in [7, 11) is 0. The van der Waals surface area contributed by atoms with Crippen molar-refractivity contribution in [2.24, 2.45) is 16.8 Å². The smallest absolute Gasteiger partial charge is 0.254 e. The first kappa shape index (κ1) is 12.4. The summed E-state index contributed by atoms with van der Waals surface area (Å²) >= 11 is 0. The van der Waals surface area contributed by atoms with Crippen LogP contribution in [0.5, 0.6) is 0 Å². The van der Waals surface area contributed by atoms with Crippen LogP contribution in [0.2, 0.25) is 0 Å². The Labute approximate surface area is 104 Å². The van der Waals surface area contributed by atoms with Gasteiger partial charge in [-0.15, -0.1) is 0 Å². The largest absolute Gasteiger partial charge is 0.409 e. The molecule has 5 N–H and O–H groups in total. The third-order valence-corrected chi connectivity index (χ3v) is 3.40. The minimum absolute atomic E-state index is 0.0808. The Bertz CT molecular complexity index is 468. The van der Waals surface area contributed by atoms with E-state index in [1.54, 1.807) is 6.92 Å². The van der Waals surface area contributed by atoms with Crippen LogP contribution < -0.4 is 11.1 Å². The highest BCUT2D eigenvalue weighted by Gasteiger charge is 2.32. The molecule has 1 aromatic rings. The average molecular weight is 251 g/mol. The number of rotatable bonds is 3. The quantitative estimate of drug-likeness (QED) is 0.268. The first-order chi connectivity index (χ1) is 8.63. The molecule has 7 heteroatoms. The molecule has 18 heavy (non-hydrogen) atoms. The van der Waals surface area contributed by atoms with E-state index in [4.69, 9.17) is 10.9 Å². The Morgan fingerprint density at radius 1 is 1.67 bits per heavy atom. The third kappa shape index (κ3) is 2.29. The number of carbonyl (C=O) groups is 1. The van der Waals surface area contributed by atoms with Gasteiger partial charge in [0.05, 0.1) is 11.8 Å². The highest BCUT2D eigenvalue weighted by atomic mass is 16.4. The molecule has 2 atom stereocenters. The number of aromatic amines is 1. The van der Waals surface area contributed by atoms with Crippen molar-refractivity contribution in [3.05, 3.63) is 17.5 Å². The number of nitrogens with zero attached hydrogens (tertiary/aromatic N) is 2. The molecule has 1 amide bonds. The summed E-state index contributed by atoms with van der Waals surface area (Å²) in [6.45, 7) is 1.79. The van der Waals surface area contributed by atoms with Crippen molar-refractivity contribution in [2.45, 2.75) is 32.2 Å². The fraction of sp³-hybridized carbons (Fsp3) is 0.545. The summed E-state index contributed by atoms with van der Waals surface area (Å²) in [5, 5.41) is 21.2. The Balaban J connectivity index is 2.05. The number of hydrogen-bond donors (Lipinski definition) is 4. The zero-order valence-corrected chi connectivity index (χ0v) is 10.2. The zero-order chi connectivity index (χ0) is 13.1. The highest BCUT2D eigenvalue weighted by Crippen LogP contribution is 2.26. The second-order valence-corrected chi connectivity index (χ2v) is 4.55. The molecule has 1 aliphatic carbocycles. The van der Waals surface area contributed by atoms with Crippen molar-refractivity contribution in [3.63, 3.8) is 0 Å². The van der Waals surface area contributed by atoms with E-state index in [9.17, 15) is 4.79 Å². The molecule has 1 aliphatic rings. The molecule has 1 saturated carbocycles. The molecule has 2 unspecified atom stereocenters. The second kappa shape index (κ2) is 5.07. The van der Waals surface area contributed by atoms with Crippen molar-refractivity contribution >= 4 is 11.7 Å². The fourth-order valence-corrected chi connectivity index (χ4v) is 2.39. The monoisotopic (exact) mass is 251 g/mol. The lowest BCUT2D eigenvalue weighted by molar-refractivity contribution is 0.0932. The van der Waals surface area contributed by atoms with Gasteiger partial charge < -0.3 is 16.3 Å². The van der Waals surface area contributed by atoms with E-state index in [2.05, 4.69) is 20.7 Å². The first-order valence-corrected chi connectivity index (χ1v) is 5.91. The maximum Gasteiger partial charge on any atom is 0.254 e. The molecule has 1 fully saturated rings. The summed E-state index contributed by atoms with van der Waals surface area (Å²) in [6, 6.07) is -0.0808. The molecule has 0 spiro atoms. The lowest BCUT2D eigenvalue weighted by Crippen LogP contribution is -2.42. The molecule has 1 aromatic heterocycles. The number of aromatic nitrogens is 2. The Hall–Kier alpha value is -2.05. The topological polar surface area (TPSA) is 116 Å². The minimum atomic E-state index is -0.177. The van der Waals surface area contributed by atoms with Crippen LogP contribution in [0.25, 0.3) is 0 Å². The van der Waals surface area contributed by atoms with Gasteiger partial charge in [-0.1, -0.05) is 11.6 Å². The number of nitrogens with one attached hydrogen (secondary N) is 2. The Morgan fingerprint density at radius 2 is 2.44 bits per heavy atom. The summed E-state index contributed by atoms with van der Waals surface area (Å²) in [5.74, 6) is -0.0863. The van der Waals surface area contributed by atoms with E-state index >= 15 is 0 Å². The number of amidine groups is 1. The second-order valence-electron chi connectivity index (χ2n) is 4.55. The standard InChI is InChI=1S/C11H17N5O2/c1-6-8(5-13-15-6)11(17)14-9-4-2-3-7(9)10(12)16-18/h5,7,9,18H,2-4H2,1H3,(H2,12,16)(H,13,15)(H,14,17). The molecule has 0 aliphatic heterocycles. The Morgan fingerprint density at radius 3 is 3.06 bits per heavy atom. The highest BCUT2D eigenvalue weighted by molar-refractivity contribution is 5.95. The van der Waals surface area contributed by atoms with Crippen LogP contribution >= 0.6 is 0 Å². The van der Waals surface area contributed by atoms with Gasteiger partial charge in [0, 0.05) is 17.7 Å². The summed E-state index contributed by atoms with van der Waals surface area (Å²) < 4.78 is 0. The van der Waals surface area contributed by atoms with Gasteiger partial charge in [-0.2, -0.15) is 5.10 Å². The van der Waals surface area contributed by atoms with Crippen LogP contribution in [0.4, 0.5) is 0 Å². The third-order valence-electron chi connectivity index (χ3n) is 3.40. The van der Waals surface area contributed by atoms with Gasteiger partial charge >= 0.3 is 0 Å². The predicted molar refractivity (Wildman–Crippen MR) is 65.3 cm³/mol. The summed E-state index contributed by atoms with van der Waals surface area (Å²) in [6.07, 6.45) is 4.11. The van der Waals surface area contributed by atoms with Gasteiger partial charge in [0.2, 0.25) is 0 Å². The molecule has 7 nitrogen and oxygen atoms in total. The van der Waals surface area contributed by atoms with E-state index in [0.29, 0.717) is 5.56 Å². The van der Waals surface area contributed by atoms with Gasteiger partial charge in [-0.05, 0) is 19.8 Å². The number of amides is 1. The van der Waals surface area contributed by atoms with Crippen LogP contribution in [-0.4, -0.2) is 33.2 Å². The first-order valence-electron chi connectivity index (χ1n) is 5.91. The number of hydrogen-bond acceptors (Lipinski definition) is 4. The number of oxime groups is 1. The van der Waals surface area contributed by atoms with Crippen molar-refractivity contribution in [3.8, 4) is 0 Å². The number of aryl methyl sites for hydroxylation is 1. The Kier molecular flexibility index (Phi) is 3.50. The van der Waals surface area contributed by atoms with E-state index in [0.717, 1.165) is 25.0 Å². The minimum Gasteiger partial charge on any atom is -0.409 e. The van der Waals surface area contributed by atoms with E-state index in [1.165, 1.54) is 6.20 Å². The SMILES string of the molecule is Cc1[nH]ncc1C(=O)NC1CCCC1C(N)=NO. The zero-order valence-electron chi connectivity index (χ0n) is 10.2. The van der Waals surface area contributed by atoms with Gasteiger partial charge in [0.1, 0.15) is 5.84 Å². The summed E-state index contributed by atoms with van der Waals surface area (Å²) in [4.78, 5) is 12.0. The average Bonchev–Trinajstić information content (AvgIpc) is 2.97.